The van der Waals surface area contributed by atoms with E-state index in [-0.39, 0.29) is 0 Å². The molecule has 0 unspecified atom stereocenters. The van der Waals surface area contributed by atoms with Gasteiger partial charge in [0.15, 0.2) is 0 Å². The van der Waals surface area contributed by atoms with Crippen molar-refractivity contribution in [2.75, 3.05) is 43.9 Å². The van der Waals surface area contributed by atoms with Crippen molar-refractivity contribution in [3.05, 3.63) is 11.8 Å². The van der Waals surface area contributed by atoms with E-state index in [1.54, 1.807) is 6.20 Å². The summed E-state index contributed by atoms with van der Waals surface area (Å²) in [6.07, 6.45) is 1.72. The normalized spacial score (nSPS) is 17.8. The first-order valence-electron chi connectivity index (χ1n) is 5.45. The van der Waals surface area contributed by atoms with Crippen molar-refractivity contribution in [2.45, 2.75) is 6.54 Å². The molecule has 0 bridgehead atoms. The number of hydrogen-bond acceptors (Lipinski definition) is 6. The minimum atomic E-state index is 0.384. The average Bonchev–Trinajstić information content (AvgIpc) is 2.30. The van der Waals surface area contributed by atoms with Crippen molar-refractivity contribution >= 4 is 11.8 Å². The van der Waals surface area contributed by atoms with Gasteiger partial charge in [0.1, 0.15) is 5.82 Å². The Morgan fingerprint density at radius 2 is 2.00 bits per heavy atom. The molecule has 1 aliphatic rings. The van der Waals surface area contributed by atoms with E-state index in [4.69, 9.17) is 11.5 Å². The predicted octanol–water partition coefficient (Wildman–Crippen LogP) is -0.731. The number of piperazine rings is 1. The lowest BCUT2D eigenvalue weighted by Crippen LogP contribution is -2.45. The van der Waals surface area contributed by atoms with Crippen molar-refractivity contribution in [1.29, 1.82) is 0 Å². The van der Waals surface area contributed by atoms with E-state index in [1.807, 2.05) is 0 Å². The summed E-state index contributed by atoms with van der Waals surface area (Å²) in [6, 6.07) is 0. The van der Waals surface area contributed by atoms with E-state index in [0.717, 1.165) is 31.7 Å². The summed E-state index contributed by atoms with van der Waals surface area (Å²) >= 11 is 0. The molecule has 6 heteroatoms. The molecule has 0 spiro atoms. The molecule has 0 amide bonds. The maximum absolute atomic E-state index is 5.80. The van der Waals surface area contributed by atoms with Crippen LogP contribution in [0.3, 0.4) is 0 Å². The molecule has 6 nitrogen and oxygen atoms in total. The van der Waals surface area contributed by atoms with Gasteiger partial charge in [-0.1, -0.05) is 0 Å². The molecule has 0 aromatic carbocycles. The zero-order valence-electron chi connectivity index (χ0n) is 9.56. The van der Waals surface area contributed by atoms with Gasteiger partial charge in [-0.15, -0.1) is 0 Å². The number of nitrogen functional groups attached to an aromatic ring is 1. The molecule has 0 atom stereocenters. The summed E-state index contributed by atoms with van der Waals surface area (Å²) in [4.78, 5) is 13.0. The topological polar surface area (TPSA) is 84.3 Å². The highest BCUT2D eigenvalue weighted by Gasteiger charge is 2.16. The Morgan fingerprint density at radius 3 is 2.56 bits per heavy atom. The van der Waals surface area contributed by atoms with Crippen LogP contribution in [-0.2, 0) is 6.54 Å². The van der Waals surface area contributed by atoms with E-state index in [2.05, 4.69) is 26.8 Å². The Hall–Kier alpha value is -1.40. The van der Waals surface area contributed by atoms with Crippen LogP contribution < -0.4 is 16.4 Å². The highest BCUT2D eigenvalue weighted by Crippen LogP contribution is 2.14. The van der Waals surface area contributed by atoms with Gasteiger partial charge in [-0.05, 0) is 7.05 Å². The summed E-state index contributed by atoms with van der Waals surface area (Å²) in [7, 11) is 2.12. The van der Waals surface area contributed by atoms with Crippen molar-refractivity contribution in [1.82, 2.24) is 14.9 Å². The lowest BCUT2D eigenvalue weighted by molar-refractivity contribution is 0.311. The molecule has 16 heavy (non-hydrogen) atoms. The molecule has 0 saturated carbocycles. The standard InChI is InChI=1S/C10H18N6/c1-15-2-4-16(5-3-15)10-13-7-8(6-11)9(12)14-10/h7H,2-6,11H2,1H3,(H2,12,13,14). The van der Waals surface area contributed by atoms with Gasteiger partial charge in [0.2, 0.25) is 5.95 Å². The second-order valence-corrected chi connectivity index (χ2v) is 4.07. The summed E-state index contributed by atoms with van der Waals surface area (Å²) in [6.45, 7) is 4.33. The average molecular weight is 222 g/mol. The van der Waals surface area contributed by atoms with Crippen LogP contribution in [0.1, 0.15) is 5.56 Å². The van der Waals surface area contributed by atoms with E-state index < -0.39 is 0 Å². The monoisotopic (exact) mass is 222 g/mol. The second-order valence-electron chi connectivity index (χ2n) is 4.07. The maximum atomic E-state index is 5.80. The van der Waals surface area contributed by atoms with Crippen molar-refractivity contribution in [3.8, 4) is 0 Å². The van der Waals surface area contributed by atoms with Crippen molar-refractivity contribution < 1.29 is 0 Å². The minimum absolute atomic E-state index is 0.384. The third-order valence-electron chi connectivity index (χ3n) is 2.89. The van der Waals surface area contributed by atoms with Crippen LogP contribution >= 0.6 is 0 Å². The summed E-state index contributed by atoms with van der Waals surface area (Å²) in [5.41, 5.74) is 12.1. The zero-order chi connectivity index (χ0) is 11.5. The summed E-state index contributed by atoms with van der Waals surface area (Å²) < 4.78 is 0. The van der Waals surface area contributed by atoms with Crippen LogP contribution in [0, 0.1) is 0 Å². The molecular formula is C10H18N6. The molecular weight excluding hydrogens is 204 g/mol. The Bertz CT molecular complexity index is 358. The molecule has 1 saturated heterocycles. The smallest absolute Gasteiger partial charge is 0.227 e. The minimum Gasteiger partial charge on any atom is -0.383 e. The van der Waals surface area contributed by atoms with E-state index in [0.29, 0.717) is 18.3 Å². The van der Waals surface area contributed by atoms with Crippen LogP contribution in [-0.4, -0.2) is 48.1 Å². The van der Waals surface area contributed by atoms with Crippen LogP contribution in [0.5, 0.6) is 0 Å². The molecule has 1 aromatic rings. The quantitative estimate of drug-likeness (QED) is 0.686. The fourth-order valence-electron chi connectivity index (χ4n) is 1.73. The molecule has 0 aliphatic carbocycles. The second kappa shape index (κ2) is 4.63. The van der Waals surface area contributed by atoms with E-state index in [9.17, 15) is 0 Å². The van der Waals surface area contributed by atoms with Crippen LogP contribution in [0.25, 0.3) is 0 Å². The highest BCUT2D eigenvalue weighted by molar-refractivity contribution is 5.44. The van der Waals surface area contributed by atoms with Gasteiger partial charge in [0.05, 0.1) is 0 Å². The van der Waals surface area contributed by atoms with E-state index >= 15 is 0 Å². The van der Waals surface area contributed by atoms with Crippen molar-refractivity contribution in [2.24, 2.45) is 5.73 Å². The first-order chi connectivity index (χ1) is 7.70. The molecule has 0 radical (unpaired) electrons. The summed E-state index contributed by atoms with van der Waals surface area (Å²) in [5.74, 6) is 1.20. The fraction of sp³-hybridized carbons (Fsp3) is 0.600. The Kier molecular flexibility index (Phi) is 3.21. The number of likely N-dealkylation sites (N-methyl/N-ethyl adjacent to an activating group) is 1. The lowest BCUT2D eigenvalue weighted by atomic mass is 10.3. The number of nitrogens with two attached hydrogens (primary N) is 2. The van der Waals surface area contributed by atoms with Gasteiger partial charge in [0, 0.05) is 44.5 Å². The van der Waals surface area contributed by atoms with Crippen LogP contribution in [0.2, 0.25) is 0 Å². The third kappa shape index (κ3) is 2.23. The number of nitrogens with zero attached hydrogens (tertiary/aromatic N) is 4. The van der Waals surface area contributed by atoms with E-state index in [1.165, 1.54) is 0 Å². The van der Waals surface area contributed by atoms with Crippen LogP contribution in [0.4, 0.5) is 11.8 Å². The lowest BCUT2D eigenvalue weighted by Gasteiger charge is -2.32. The Labute approximate surface area is 95.3 Å². The number of aromatic nitrogens is 2. The van der Waals surface area contributed by atoms with Gasteiger partial charge in [-0.2, -0.15) is 4.98 Å². The van der Waals surface area contributed by atoms with Gasteiger partial charge in [0.25, 0.3) is 0 Å². The number of hydrogen-bond donors (Lipinski definition) is 2. The molecule has 1 fully saturated rings. The maximum Gasteiger partial charge on any atom is 0.227 e. The Morgan fingerprint density at radius 1 is 1.31 bits per heavy atom. The SMILES string of the molecule is CN1CCN(c2ncc(CN)c(N)n2)CC1. The van der Waals surface area contributed by atoms with Gasteiger partial charge in [-0.25, -0.2) is 4.98 Å². The number of anilines is 2. The molecule has 2 heterocycles. The fourth-order valence-corrected chi connectivity index (χ4v) is 1.73. The highest BCUT2D eigenvalue weighted by atomic mass is 15.3. The molecule has 88 valence electrons. The van der Waals surface area contributed by atoms with Gasteiger partial charge >= 0.3 is 0 Å². The molecule has 1 aliphatic heterocycles. The van der Waals surface area contributed by atoms with Gasteiger partial charge in [-0.3, -0.25) is 0 Å². The first-order valence-corrected chi connectivity index (χ1v) is 5.45. The van der Waals surface area contributed by atoms with Crippen LogP contribution in [0.15, 0.2) is 6.20 Å². The molecule has 4 N–H and O–H groups in total. The third-order valence-corrected chi connectivity index (χ3v) is 2.89. The zero-order valence-corrected chi connectivity index (χ0v) is 9.56. The first kappa shape index (κ1) is 11.1. The number of rotatable bonds is 2. The molecule has 2 rings (SSSR count). The summed E-state index contributed by atoms with van der Waals surface area (Å²) in [5, 5.41) is 0. The molecule has 1 aromatic heterocycles. The van der Waals surface area contributed by atoms with Gasteiger partial charge < -0.3 is 21.3 Å². The largest absolute Gasteiger partial charge is 0.383 e. The van der Waals surface area contributed by atoms with Crippen molar-refractivity contribution in [3.63, 3.8) is 0 Å². The Balaban J connectivity index is 2.12. The predicted molar refractivity (Wildman–Crippen MR) is 64.0 cm³/mol.